The summed E-state index contributed by atoms with van der Waals surface area (Å²) in [5.41, 5.74) is 51.2. The van der Waals surface area contributed by atoms with Gasteiger partial charge in [-0.1, -0.05) is 148 Å². The van der Waals surface area contributed by atoms with Gasteiger partial charge in [-0.25, -0.2) is 0 Å². The minimum Gasteiger partial charge on any atom is -0.870 e. The van der Waals surface area contributed by atoms with E-state index in [-0.39, 0.29) is 105 Å². The Morgan fingerprint density at radius 1 is 0.560 bits per heavy atom. The fourth-order valence-electron chi connectivity index (χ4n) is 5.50. The molecular formula is C47H64B12ClLiN13NaO9. The molecule has 84 heavy (non-hydrogen) atoms. The molecule has 4 aromatic rings. The predicted molar refractivity (Wildman–Crippen MR) is 338 cm³/mol. The van der Waals surface area contributed by atoms with Gasteiger partial charge in [-0.15, -0.1) is 11.6 Å². The summed E-state index contributed by atoms with van der Waals surface area (Å²) < 4.78 is 9.34. The number of carboxylic acids is 2. The largest absolute Gasteiger partial charge is 1.00 e. The van der Waals surface area contributed by atoms with Crippen molar-refractivity contribution in [3.8, 4) is 0 Å². The Hall–Kier alpha value is -5.41. The number of nitrogens with zero attached hydrogens (tertiary/aromatic N) is 12. The van der Waals surface area contributed by atoms with Crippen molar-refractivity contribution in [1.82, 2.24) is 0 Å². The third kappa shape index (κ3) is 58.4. The molecule has 416 valence electrons. The Morgan fingerprint density at radius 3 is 0.964 bits per heavy atom. The molecule has 0 saturated carbocycles. The summed E-state index contributed by atoms with van der Waals surface area (Å²) in [4.78, 5) is 53.2. The Bertz CT molecular complexity index is 2420. The maximum atomic E-state index is 11.2. The Balaban J connectivity index is -0.000000116. The maximum absolute atomic E-state index is 11.2. The molecule has 0 fully saturated rings. The van der Waals surface area contributed by atoms with E-state index in [9.17, 15) is 19.2 Å². The van der Waals surface area contributed by atoms with E-state index >= 15 is 0 Å². The Labute approximate surface area is 547 Å². The molecule has 0 unspecified atom stereocenters. The molecular weight excluding hydrogens is 1090 g/mol. The summed E-state index contributed by atoms with van der Waals surface area (Å²) >= 11 is 5.68. The first-order valence-corrected chi connectivity index (χ1v) is 23.8. The summed E-state index contributed by atoms with van der Waals surface area (Å²) in [6.45, 7) is 6.34. The summed E-state index contributed by atoms with van der Waals surface area (Å²) in [6, 6.07) is 29.3. The summed E-state index contributed by atoms with van der Waals surface area (Å²) in [5.74, 6) is -2.30. The van der Waals surface area contributed by atoms with Crippen LogP contribution in [0, 0.1) is 17.8 Å². The van der Waals surface area contributed by atoms with Gasteiger partial charge < -0.3 is 42.0 Å². The molecule has 4 aromatic carbocycles. The number of halogens is 1. The minimum atomic E-state index is -1.02. The predicted octanol–water partition coefficient (Wildman–Crippen LogP) is 1.24. The number of alkyl halides is 1. The van der Waals surface area contributed by atoms with Crippen molar-refractivity contribution >= 4 is 124 Å². The molecule has 0 aliphatic rings. The number of carbonyl (C=O) groups excluding carboxylic acids is 2. The summed E-state index contributed by atoms with van der Waals surface area (Å²) in [6.07, 6.45) is 1.02. The second-order valence-corrected chi connectivity index (χ2v) is 16.3. The molecule has 0 aromatic heterocycles. The SMILES string of the molecule is C.C.COC(=O)[C@@H](C)Cc1ccc(CCl)cc1.COC(=O)[C@@H](C)Cc1ccc(CN=[N+]=[N-])cc1.C[C@@H](Cc1ccc(CN=[N+]=[N-])cc1)C(=O)O.[B]B([B])[B].[B][B]B([B])[B].[B][B][B].[Li+].[N-]=[N+]=NCc1ccc(C[C@H](N)C(=O)O)cc1.[N-]=[N+]=[N-].[Na+].[OH-]. The number of azide groups is 3. The smallest absolute Gasteiger partial charge is 0.870 e. The normalized spacial score (nSPS) is 9.80. The average molecular weight is 1150 g/mol. The van der Waals surface area contributed by atoms with E-state index in [0.717, 1.165) is 51.6 Å². The van der Waals surface area contributed by atoms with E-state index in [1.165, 1.54) is 26.2 Å². The number of hydrogen-bond donors (Lipinski definition) is 3. The first-order chi connectivity index (χ1) is 37.4. The van der Waals surface area contributed by atoms with Crippen LogP contribution in [-0.4, -0.2) is 149 Å². The van der Waals surface area contributed by atoms with Gasteiger partial charge in [0.1, 0.15) is 6.04 Å². The molecule has 5 N–H and O–H groups in total. The molecule has 0 spiro atoms. The summed E-state index contributed by atoms with van der Waals surface area (Å²) in [7, 11) is 42.6. The number of benzene rings is 4. The van der Waals surface area contributed by atoms with Crippen molar-refractivity contribution in [2.24, 2.45) is 38.8 Å². The van der Waals surface area contributed by atoms with Gasteiger partial charge in [0.15, 0.2) is 0 Å². The molecule has 4 atom stereocenters. The fourth-order valence-corrected chi connectivity index (χ4v) is 5.68. The number of ether oxygens (including phenoxy) is 2. The van der Waals surface area contributed by atoms with Crippen molar-refractivity contribution < 1.29 is 92.8 Å². The zero-order chi connectivity index (χ0) is 61.1. The van der Waals surface area contributed by atoms with Crippen molar-refractivity contribution in [3.05, 3.63) is 189 Å². The van der Waals surface area contributed by atoms with Crippen molar-refractivity contribution in [2.45, 2.75) is 92.9 Å². The van der Waals surface area contributed by atoms with Crippen LogP contribution in [0.3, 0.4) is 0 Å². The number of aliphatic carboxylic acids is 2. The monoisotopic (exact) mass is 1150 g/mol. The molecule has 4 rings (SSSR count). The van der Waals surface area contributed by atoms with E-state index in [2.05, 4.69) is 78.2 Å². The summed E-state index contributed by atoms with van der Waals surface area (Å²) in [5, 5.41) is 27.7. The molecule has 0 saturated heterocycles. The van der Waals surface area contributed by atoms with E-state index in [4.69, 9.17) is 78.4 Å². The number of carbonyl (C=O) groups is 4. The van der Waals surface area contributed by atoms with Crippen LogP contribution in [-0.2, 0) is 79.8 Å². The third-order valence-corrected chi connectivity index (χ3v) is 9.75. The molecule has 0 bridgehead atoms. The zero-order valence-corrected chi connectivity index (χ0v) is 50.0. The third-order valence-electron chi connectivity index (χ3n) is 9.45. The minimum absolute atomic E-state index is 0. The molecule has 0 heterocycles. The van der Waals surface area contributed by atoms with Crippen molar-refractivity contribution in [2.75, 3.05) is 14.2 Å². The zero-order valence-electron chi connectivity index (χ0n) is 47.2. The van der Waals surface area contributed by atoms with E-state index in [0.29, 0.717) is 44.8 Å². The number of esters is 2. The maximum Gasteiger partial charge on any atom is 1.00 e. The van der Waals surface area contributed by atoms with Crippen LogP contribution in [0.5, 0.6) is 0 Å². The number of nitrogens with two attached hydrogens (primary N) is 1. The van der Waals surface area contributed by atoms with Gasteiger partial charge in [-0.2, -0.15) is 0 Å². The second kappa shape index (κ2) is 65.1. The average Bonchev–Trinajstić information content (AvgIpc) is 3.43. The first kappa shape index (κ1) is 97.7. The number of methoxy groups -OCH3 is 2. The van der Waals surface area contributed by atoms with Crippen molar-refractivity contribution in [1.29, 1.82) is 0 Å². The van der Waals surface area contributed by atoms with E-state index in [1.807, 2.05) is 86.6 Å². The van der Waals surface area contributed by atoms with Crippen LogP contribution in [0.2, 0.25) is 0 Å². The molecule has 0 aliphatic heterocycles. The van der Waals surface area contributed by atoms with Crippen LogP contribution >= 0.6 is 11.6 Å². The van der Waals surface area contributed by atoms with Crippen LogP contribution in [0.15, 0.2) is 112 Å². The topological polar surface area (TPSA) is 388 Å². The fraction of sp³-hybridized carbons (Fsp3) is 0.404. The number of rotatable bonds is 20. The first-order valence-electron chi connectivity index (χ1n) is 23.3. The van der Waals surface area contributed by atoms with Gasteiger partial charge in [-0.3, -0.25) is 24.1 Å². The van der Waals surface area contributed by atoms with Crippen LogP contribution in [0.4, 0.5) is 0 Å². The molecule has 18 radical (unpaired) electrons. The molecule has 0 amide bonds. The van der Waals surface area contributed by atoms with Crippen LogP contribution in [0.1, 0.15) is 80.1 Å². The van der Waals surface area contributed by atoms with Gasteiger partial charge in [0.2, 0.25) is 0 Å². The number of carboxylic acid groups (broad SMARTS) is 2. The second-order valence-electron chi connectivity index (χ2n) is 16.0. The van der Waals surface area contributed by atoms with E-state index < -0.39 is 30.8 Å². The van der Waals surface area contributed by atoms with Gasteiger partial charge in [0.05, 0.1) is 51.6 Å². The van der Waals surface area contributed by atoms with Crippen LogP contribution in [0.25, 0.3) is 47.3 Å². The quantitative estimate of drug-likeness (QED) is 0.0284. The molecule has 37 heteroatoms. The number of hydrogen-bond acceptors (Lipinski definition) is 11. The Morgan fingerprint density at radius 2 is 0.774 bits per heavy atom. The van der Waals surface area contributed by atoms with Crippen molar-refractivity contribution in [3.63, 3.8) is 0 Å². The van der Waals surface area contributed by atoms with Gasteiger partial charge >= 0.3 is 72.3 Å². The van der Waals surface area contributed by atoms with Gasteiger partial charge in [-0.05, 0) is 86.8 Å². The van der Waals surface area contributed by atoms with E-state index in [1.54, 1.807) is 31.2 Å². The van der Waals surface area contributed by atoms with Gasteiger partial charge in [0.25, 0.3) is 0 Å². The molecule has 0 aliphatic carbocycles. The Kier molecular flexibility index (Phi) is 75.8. The molecule has 22 nitrogen and oxygen atoms in total. The standard InChI is InChI=1S/C12H15ClO2.C12H15N3O2.C11H13N3O2.C10H12N4O2.2CH4.B5.B4.B3.Li.N3.Na.H2O/c1-9(12(14)15-2)7-10-3-5-11(8-13)6-4-10;1-9(12(16)17-2)7-10-3-5-11(6-4-10)8-14-15-13;1-8(11(15)16)6-9-2-4-10(5-3-9)7-13-14-12;11-9(10(15)16)5-7-1-3-8(4-2-7)6-13-14-12;;;1-4-5(2)3;1-4(2)3;1-3-2;;1-3-2;;/h3-6,9H,7-8H2,1-2H3;3-6,9H,7-8H2,1-2H3;2-5,8H,6-7H2,1H3,(H,15,16);1-4,9H,5-6,11H2,(H,15,16);2*1H4;;;;;;;1H2/q;;;;;;;;;+1;-1;+1;/p-1/t2*9-;8-;9-;;;;;;;;;/m0000........./s1. The van der Waals surface area contributed by atoms with Gasteiger partial charge in [0, 0.05) is 109 Å². The van der Waals surface area contributed by atoms with Crippen LogP contribution < -0.4 is 54.2 Å².